The summed E-state index contributed by atoms with van der Waals surface area (Å²) in [6.45, 7) is 2.94. The van der Waals surface area contributed by atoms with Crippen LogP contribution in [0.25, 0.3) is 0 Å². The van der Waals surface area contributed by atoms with Gasteiger partial charge in [0.15, 0.2) is 0 Å². The van der Waals surface area contributed by atoms with Crippen molar-refractivity contribution < 1.29 is 13.9 Å². The number of rotatable bonds is 3. The Hall–Kier alpha value is -1.33. The first kappa shape index (κ1) is 13.1. The minimum Gasteiger partial charge on any atom is -0.469 e. The van der Waals surface area contributed by atoms with Gasteiger partial charge in [0.1, 0.15) is 5.76 Å². The standard InChI is InChI=1S/C13H20N2O3/c1-9-12(4-6-18-9)13(16)15-5-3-11(17-2)7-10(15)8-14/h4,6,10-11H,3,5,7-8,14H2,1-2H3. The van der Waals surface area contributed by atoms with Gasteiger partial charge in [-0.3, -0.25) is 4.79 Å². The molecule has 100 valence electrons. The first-order valence-corrected chi connectivity index (χ1v) is 6.25. The summed E-state index contributed by atoms with van der Waals surface area (Å²) in [5.74, 6) is 0.663. The van der Waals surface area contributed by atoms with E-state index in [4.69, 9.17) is 14.9 Å². The number of piperidine rings is 1. The summed E-state index contributed by atoms with van der Waals surface area (Å²) in [5.41, 5.74) is 6.40. The summed E-state index contributed by atoms with van der Waals surface area (Å²) in [4.78, 5) is 14.3. The van der Waals surface area contributed by atoms with Gasteiger partial charge < -0.3 is 19.8 Å². The van der Waals surface area contributed by atoms with E-state index in [1.807, 2.05) is 4.90 Å². The predicted molar refractivity (Wildman–Crippen MR) is 67.4 cm³/mol. The summed E-state index contributed by atoms with van der Waals surface area (Å²) in [6, 6.07) is 1.76. The van der Waals surface area contributed by atoms with E-state index in [0.29, 0.717) is 24.4 Å². The molecule has 1 aliphatic rings. The van der Waals surface area contributed by atoms with Crippen LogP contribution in [0.15, 0.2) is 16.7 Å². The van der Waals surface area contributed by atoms with Crippen LogP contribution in [0.5, 0.6) is 0 Å². The summed E-state index contributed by atoms with van der Waals surface area (Å²) >= 11 is 0. The highest BCUT2D eigenvalue weighted by Crippen LogP contribution is 2.22. The fraction of sp³-hybridized carbons (Fsp3) is 0.615. The van der Waals surface area contributed by atoms with Crippen LogP contribution in [0.3, 0.4) is 0 Å². The predicted octanol–water partition coefficient (Wildman–Crippen LogP) is 1.17. The smallest absolute Gasteiger partial charge is 0.257 e. The van der Waals surface area contributed by atoms with Gasteiger partial charge in [0.05, 0.1) is 17.9 Å². The Balaban J connectivity index is 2.13. The van der Waals surface area contributed by atoms with Crippen LogP contribution in [0.4, 0.5) is 0 Å². The molecule has 0 saturated carbocycles. The number of carbonyl (C=O) groups excluding carboxylic acids is 1. The van der Waals surface area contributed by atoms with E-state index in [2.05, 4.69) is 0 Å². The van der Waals surface area contributed by atoms with Crippen LogP contribution in [0.1, 0.15) is 29.0 Å². The largest absolute Gasteiger partial charge is 0.469 e. The molecule has 2 N–H and O–H groups in total. The lowest BCUT2D eigenvalue weighted by atomic mass is 9.98. The van der Waals surface area contributed by atoms with Crippen molar-refractivity contribution >= 4 is 5.91 Å². The van der Waals surface area contributed by atoms with Gasteiger partial charge >= 0.3 is 0 Å². The third-order valence-electron chi connectivity index (χ3n) is 3.62. The van der Waals surface area contributed by atoms with Crippen molar-refractivity contribution in [3.8, 4) is 0 Å². The molecule has 1 amide bonds. The Morgan fingerprint density at radius 1 is 1.67 bits per heavy atom. The van der Waals surface area contributed by atoms with Crippen LogP contribution in [-0.2, 0) is 4.74 Å². The number of likely N-dealkylation sites (tertiary alicyclic amines) is 1. The van der Waals surface area contributed by atoms with E-state index in [1.54, 1.807) is 26.4 Å². The third-order valence-corrected chi connectivity index (χ3v) is 3.62. The quantitative estimate of drug-likeness (QED) is 0.876. The molecule has 0 aromatic carbocycles. The second-order valence-electron chi connectivity index (χ2n) is 4.66. The van der Waals surface area contributed by atoms with E-state index in [0.717, 1.165) is 12.8 Å². The van der Waals surface area contributed by atoms with E-state index in [9.17, 15) is 4.79 Å². The van der Waals surface area contributed by atoms with Gasteiger partial charge in [-0.2, -0.15) is 0 Å². The van der Waals surface area contributed by atoms with Crippen LogP contribution < -0.4 is 5.73 Å². The lowest BCUT2D eigenvalue weighted by Gasteiger charge is -2.38. The number of nitrogens with two attached hydrogens (primary N) is 1. The Morgan fingerprint density at radius 2 is 2.44 bits per heavy atom. The number of hydrogen-bond donors (Lipinski definition) is 1. The van der Waals surface area contributed by atoms with Gasteiger partial charge in [0, 0.05) is 26.2 Å². The minimum atomic E-state index is 0.00579. The van der Waals surface area contributed by atoms with Crippen molar-refractivity contribution in [3.63, 3.8) is 0 Å². The number of nitrogens with zero attached hydrogens (tertiary/aromatic N) is 1. The second kappa shape index (κ2) is 5.54. The number of hydrogen-bond acceptors (Lipinski definition) is 4. The molecule has 5 heteroatoms. The van der Waals surface area contributed by atoms with Gasteiger partial charge in [-0.1, -0.05) is 0 Å². The molecular weight excluding hydrogens is 232 g/mol. The molecule has 2 unspecified atom stereocenters. The molecule has 1 aliphatic heterocycles. The third kappa shape index (κ3) is 2.42. The monoisotopic (exact) mass is 252 g/mol. The van der Waals surface area contributed by atoms with Crippen molar-refractivity contribution in [2.45, 2.75) is 31.9 Å². The zero-order chi connectivity index (χ0) is 13.1. The van der Waals surface area contributed by atoms with Crippen molar-refractivity contribution in [1.82, 2.24) is 4.90 Å². The molecule has 5 nitrogen and oxygen atoms in total. The Bertz CT molecular complexity index is 416. The van der Waals surface area contributed by atoms with E-state index < -0.39 is 0 Å². The lowest BCUT2D eigenvalue weighted by Crippen LogP contribution is -2.51. The molecule has 2 heterocycles. The Kier molecular flexibility index (Phi) is 4.04. The zero-order valence-corrected chi connectivity index (χ0v) is 10.9. The molecule has 0 bridgehead atoms. The topological polar surface area (TPSA) is 68.7 Å². The number of carbonyl (C=O) groups is 1. The van der Waals surface area contributed by atoms with Gasteiger partial charge in [-0.15, -0.1) is 0 Å². The maximum Gasteiger partial charge on any atom is 0.257 e. The van der Waals surface area contributed by atoms with Crippen molar-refractivity contribution in [1.29, 1.82) is 0 Å². The van der Waals surface area contributed by atoms with E-state index >= 15 is 0 Å². The number of methoxy groups -OCH3 is 1. The van der Waals surface area contributed by atoms with E-state index in [-0.39, 0.29) is 18.1 Å². The highest BCUT2D eigenvalue weighted by atomic mass is 16.5. The summed E-state index contributed by atoms with van der Waals surface area (Å²) in [7, 11) is 1.70. The minimum absolute atomic E-state index is 0.00579. The van der Waals surface area contributed by atoms with Crippen LogP contribution >= 0.6 is 0 Å². The van der Waals surface area contributed by atoms with Crippen LogP contribution in [0, 0.1) is 6.92 Å². The Labute approximate surface area is 107 Å². The normalized spacial score (nSPS) is 24.3. The fourth-order valence-corrected chi connectivity index (χ4v) is 2.48. The molecule has 0 spiro atoms. The maximum atomic E-state index is 12.4. The molecule has 1 aromatic rings. The molecule has 0 radical (unpaired) electrons. The Morgan fingerprint density at radius 3 is 3.00 bits per heavy atom. The first-order valence-electron chi connectivity index (χ1n) is 6.25. The number of ether oxygens (including phenoxy) is 1. The summed E-state index contributed by atoms with van der Waals surface area (Å²) < 4.78 is 10.5. The second-order valence-corrected chi connectivity index (χ2v) is 4.66. The molecular formula is C13H20N2O3. The van der Waals surface area contributed by atoms with E-state index in [1.165, 1.54) is 0 Å². The average molecular weight is 252 g/mol. The number of aryl methyl sites for hydroxylation is 1. The van der Waals surface area contributed by atoms with Crippen LogP contribution in [-0.4, -0.2) is 43.2 Å². The molecule has 1 aromatic heterocycles. The maximum absolute atomic E-state index is 12.4. The molecule has 18 heavy (non-hydrogen) atoms. The van der Waals surface area contributed by atoms with Crippen molar-refractivity contribution in [3.05, 3.63) is 23.7 Å². The number of amides is 1. The molecule has 2 atom stereocenters. The fourth-order valence-electron chi connectivity index (χ4n) is 2.48. The molecule has 1 saturated heterocycles. The highest BCUT2D eigenvalue weighted by molar-refractivity contribution is 5.95. The summed E-state index contributed by atoms with van der Waals surface area (Å²) in [5, 5.41) is 0. The lowest BCUT2D eigenvalue weighted by molar-refractivity contribution is 0.0138. The van der Waals surface area contributed by atoms with Gasteiger partial charge in [-0.25, -0.2) is 0 Å². The van der Waals surface area contributed by atoms with Gasteiger partial charge in [-0.05, 0) is 25.8 Å². The van der Waals surface area contributed by atoms with Crippen LogP contribution in [0.2, 0.25) is 0 Å². The highest BCUT2D eigenvalue weighted by Gasteiger charge is 2.32. The zero-order valence-electron chi connectivity index (χ0n) is 10.9. The molecule has 1 fully saturated rings. The SMILES string of the molecule is COC1CCN(C(=O)c2ccoc2C)C(CN)C1. The summed E-state index contributed by atoms with van der Waals surface area (Å²) in [6.07, 6.45) is 3.40. The average Bonchev–Trinajstić information content (AvgIpc) is 2.83. The van der Waals surface area contributed by atoms with Gasteiger partial charge in [0.25, 0.3) is 5.91 Å². The first-order chi connectivity index (χ1) is 8.67. The molecule has 0 aliphatic carbocycles. The van der Waals surface area contributed by atoms with Gasteiger partial charge in [0.2, 0.25) is 0 Å². The van der Waals surface area contributed by atoms with Crippen molar-refractivity contribution in [2.24, 2.45) is 5.73 Å². The van der Waals surface area contributed by atoms with Crippen molar-refractivity contribution in [2.75, 3.05) is 20.2 Å². The molecule has 2 rings (SSSR count). The number of furan rings is 1.